The van der Waals surface area contributed by atoms with Gasteiger partial charge in [-0.2, -0.15) is 0 Å². The van der Waals surface area contributed by atoms with Gasteiger partial charge in [0.25, 0.3) is 0 Å². The van der Waals surface area contributed by atoms with Crippen LogP contribution in [0.5, 0.6) is 0 Å². The zero-order valence-electron chi connectivity index (χ0n) is 12.3. The van der Waals surface area contributed by atoms with Crippen LogP contribution in [0.2, 0.25) is 0 Å². The van der Waals surface area contributed by atoms with E-state index < -0.39 is 0 Å². The van der Waals surface area contributed by atoms with Crippen LogP contribution in [0.4, 0.5) is 0 Å². The van der Waals surface area contributed by atoms with Crippen molar-refractivity contribution in [3.63, 3.8) is 0 Å². The number of nitrogens with zero attached hydrogens (tertiary/aromatic N) is 2. The summed E-state index contributed by atoms with van der Waals surface area (Å²) in [6.07, 6.45) is 0. The largest absolute Gasteiger partial charge is 0.347 e. The van der Waals surface area contributed by atoms with Gasteiger partial charge in [0, 0.05) is 44.2 Å². The molecule has 5 heteroatoms. The molecule has 1 amide bonds. The molecule has 0 spiro atoms. The summed E-state index contributed by atoms with van der Waals surface area (Å²) in [4.78, 5) is 16.3. The molecule has 0 radical (unpaired) electrons. The van der Waals surface area contributed by atoms with Crippen LogP contribution in [0.15, 0.2) is 28.7 Å². The van der Waals surface area contributed by atoms with Crippen molar-refractivity contribution in [1.82, 2.24) is 15.1 Å². The molecule has 1 saturated heterocycles. The molecule has 1 aromatic carbocycles. The van der Waals surface area contributed by atoms with E-state index in [4.69, 9.17) is 0 Å². The Morgan fingerprint density at radius 3 is 2.80 bits per heavy atom. The van der Waals surface area contributed by atoms with E-state index in [9.17, 15) is 4.79 Å². The van der Waals surface area contributed by atoms with Crippen LogP contribution in [0, 0.1) is 0 Å². The number of halogens is 1. The Kier molecular flexibility index (Phi) is 5.18. The first-order valence-corrected chi connectivity index (χ1v) is 7.73. The second kappa shape index (κ2) is 6.70. The van der Waals surface area contributed by atoms with Gasteiger partial charge in [-0.3, -0.25) is 9.69 Å². The molecule has 2 atom stereocenters. The van der Waals surface area contributed by atoms with Crippen molar-refractivity contribution in [2.24, 2.45) is 0 Å². The number of hydrogen-bond donors (Lipinski definition) is 1. The lowest BCUT2D eigenvalue weighted by Gasteiger charge is -2.40. The molecule has 0 aliphatic carbocycles. The maximum absolute atomic E-state index is 12.4. The third-order valence-electron chi connectivity index (χ3n) is 3.86. The van der Waals surface area contributed by atoms with Crippen molar-refractivity contribution >= 4 is 21.8 Å². The van der Waals surface area contributed by atoms with Crippen LogP contribution in [0.1, 0.15) is 18.5 Å². The second-order valence-corrected chi connectivity index (χ2v) is 6.24. The molecule has 1 fully saturated rings. The average molecular weight is 340 g/mol. The van der Waals surface area contributed by atoms with E-state index in [1.807, 2.05) is 26.2 Å². The predicted octanol–water partition coefficient (Wildman–Crippen LogP) is 1.87. The van der Waals surface area contributed by atoms with Crippen LogP contribution < -0.4 is 5.32 Å². The number of carbonyl (C=O) groups excluding carboxylic acids is 1. The zero-order valence-corrected chi connectivity index (χ0v) is 13.9. The number of piperazine rings is 1. The summed E-state index contributed by atoms with van der Waals surface area (Å²) in [5, 5.41) is 3.32. The molecule has 4 nitrogen and oxygen atoms in total. The first kappa shape index (κ1) is 15.5. The summed E-state index contributed by atoms with van der Waals surface area (Å²) < 4.78 is 1.10. The Bertz CT molecular complexity index is 478. The number of likely N-dealkylation sites (N-methyl/N-ethyl adjacent to an activating group) is 1. The van der Waals surface area contributed by atoms with Crippen LogP contribution in [-0.2, 0) is 4.79 Å². The lowest BCUT2D eigenvalue weighted by molar-refractivity contribution is -0.136. The van der Waals surface area contributed by atoms with E-state index in [0.29, 0.717) is 6.54 Å². The van der Waals surface area contributed by atoms with Gasteiger partial charge in [-0.15, -0.1) is 0 Å². The summed E-state index contributed by atoms with van der Waals surface area (Å²) in [5.74, 6) is 0.163. The van der Waals surface area contributed by atoms with Crippen molar-refractivity contribution in [3.8, 4) is 0 Å². The van der Waals surface area contributed by atoms with Gasteiger partial charge in [0.1, 0.15) is 6.04 Å². The van der Waals surface area contributed by atoms with Gasteiger partial charge >= 0.3 is 0 Å². The van der Waals surface area contributed by atoms with Crippen molar-refractivity contribution in [2.75, 3.05) is 33.7 Å². The number of hydrogen-bond acceptors (Lipinski definition) is 3. The Hall–Kier alpha value is -0.910. The Morgan fingerprint density at radius 1 is 1.45 bits per heavy atom. The first-order chi connectivity index (χ1) is 9.52. The van der Waals surface area contributed by atoms with Crippen molar-refractivity contribution in [3.05, 3.63) is 34.3 Å². The molecule has 1 aromatic rings. The highest BCUT2D eigenvalue weighted by Gasteiger charge is 2.33. The molecular formula is C15H22BrN3O. The molecule has 1 heterocycles. The van der Waals surface area contributed by atoms with E-state index in [1.165, 1.54) is 5.56 Å². The zero-order chi connectivity index (χ0) is 14.7. The predicted molar refractivity (Wildman–Crippen MR) is 84.6 cm³/mol. The topological polar surface area (TPSA) is 35.6 Å². The van der Waals surface area contributed by atoms with Gasteiger partial charge in [-0.25, -0.2) is 0 Å². The highest BCUT2D eigenvalue weighted by atomic mass is 79.9. The molecule has 0 saturated carbocycles. The minimum Gasteiger partial charge on any atom is -0.347 e. The number of amides is 1. The smallest absolute Gasteiger partial charge is 0.240 e. The second-order valence-electron chi connectivity index (χ2n) is 5.39. The van der Waals surface area contributed by atoms with Gasteiger partial charge in [0.05, 0.1) is 0 Å². The maximum Gasteiger partial charge on any atom is 0.240 e. The highest BCUT2D eigenvalue weighted by molar-refractivity contribution is 9.10. The normalized spacial score (nSPS) is 21.5. The van der Waals surface area contributed by atoms with Gasteiger partial charge in [0.2, 0.25) is 5.91 Å². The van der Waals surface area contributed by atoms with Crippen molar-refractivity contribution < 1.29 is 4.79 Å². The van der Waals surface area contributed by atoms with Crippen LogP contribution in [-0.4, -0.2) is 55.5 Å². The molecule has 1 aliphatic heterocycles. The lowest BCUT2D eigenvalue weighted by Crippen LogP contribution is -2.58. The highest BCUT2D eigenvalue weighted by Crippen LogP contribution is 2.29. The van der Waals surface area contributed by atoms with Crippen LogP contribution in [0.25, 0.3) is 0 Å². The minimum atomic E-state index is -0.0964. The summed E-state index contributed by atoms with van der Waals surface area (Å²) in [6, 6.07) is 8.34. The SMILES string of the molecule is CC(c1ccccc1Br)N1CCNCC1C(=O)N(C)C. The van der Waals surface area contributed by atoms with Crippen molar-refractivity contribution in [1.29, 1.82) is 0 Å². The van der Waals surface area contributed by atoms with Gasteiger partial charge in [0.15, 0.2) is 0 Å². The number of nitrogens with one attached hydrogen (secondary N) is 1. The molecule has 1 aliphatic rings. The maximum atomic E-state index is 12.4. The fourth-order valence-electron chi connectivity index (χ4n) is 2.70. The van der Waals surface area contributed by atoms with E-state index in [1.54, 1.807) is 4.90 Å². The molecule has 2 rings (SSSR count). The number of benzene rings is 1. The quantitative estimate of drug-likeness (QED) is 0.913. The molecule has 2 unspecified atom stereocenters. The fraction of sp³-hybridized carbons (Fsp3) is 0.533. The Morgan fingerprint density at radius 2 is 2.15 bits per heavy atom. The summed E-state index contributed by atoms with van der Waals surface area (Å²) in [5.41, 5.74) is 1.23. The van der Waals surface area contributed by atoms with Crippen molar-refractivity contribution in [2.45, 2.75) is 19.0 Å². The molecular weight excluding hydrogens is 318 g/mol. The van der Waals surface area contributed by atoms with Crippen LogP contribution >= 0.6 is 15.9 Å². The molecule has 110 valence electrons. The molecule has 20 heavy (non-hydrogen) atoms. The number of rotatable bonds is 3. The molecule has 0 aromatic heterocycles. The fourth-order valence-corrected chi connectivity index (χ4v) is 3.32. The molecule has 0 bridgehead atoms. The van der Waals surface area contributed by atoms with E-state index >= 15 is 0 Å². The standard InChI is InChI=1S/C15H22BrN3O/c1-11(12-6-4-5-7-13(12)16)19-9-8-17-10-14(19)15(20)18(2)3/h4-7,11,14,17H,8-10H2,1-3H3. The van der Waals surface area contributed by atoms with Crippen LogP contribution in [0.3, 0.4) is 0 Å². The van der Waals surface area contributed by atoms with Gasteiger partial charge in [-0.05, 0) is 18.6 Å². The Balaban J connectivity index is 2.24. The third-order valence-corrected chi connectivity index (χ3v) is 4.59. The summed E-state index contributed by atoms with van der Waals surface area (Å²) in [7, 11) is 3.64. The monoisotopic (exact) mass is 339 g/mol. The molecule has 1 N–H and O–H groups in total. The minimum absolute atomic E-state index is 0.0964. The first-order valence-electron chi connectivity index (χ1n) is 6.94. The summed E-state index contributed by atoms with van der Waals surface area (Å²) in [6.45, 7) is 4.69. The van der Waals surface area contributed by atoms with E-state index in [0.717, 1.165) is 17.6 Å². The van der Waals surface area contributed by atoms with E-state index in [2.05, 4.69) is 45.2 Å². The summed E-state index contributed by atoms with van der Waals surface area (Å²) >= 11 is 3.61. The lowest BCUT2D eigenvalue weighted by atomic mass is 10.0. The average Bonchev–Trinajstić information content (AvgIpc) is 2.46. The third kappa shape index (κ3) is 3.22. The van der Waals surface area contributed by atoms with E-state index in [-0.39, 0.29) is 18.0 Å². The number of carbonyl (C=O) groups is 1. The Labute approximate surface area is 129 Å². The van der Waals surface area contributed by atoms with Gasteiger partial charge in [-0.1, -0.05) is 34.1 Å². The van der Waals surface area contributed by atoms with Gasteiger partial charge < -0.3 is 10.2 Å².